The summed E-state index contributed by atoms with van der Waals surface area (Å²) in [6.07, 6.45) is 4.44. The molecule has 1 aromatic rings. The zero-order chi connectivity index (χ0) is 13.2. The fraction of sp³-hybridized carbons (Fsp3) is 0.571. The first-order chi connectivity index (χ1) is 8.60. The molecule has 1 saturated carbocycles. The van der Waals surface area contributed by atoms with Gasteiger partial charge in [-0.15, -0.1) is 0 Å². The molecule has 0 amide bonds. The van der Waals surface area contributed by atoms with Crippen LogP contribution in [0.4, 0.5) is 0 Å². The average Bonchev–Trinajstić information content (AvgIpc) is 2.36. The molecule has 1 aromatic carbocycles. The predicted octanol–water partition coefficient (Wildman–Crippen LogP) is 3.51. The van der Waals surface area contributed by atoms with Crippen LogP contribution >= 0.6 is 23.2 Å². The highest BCUT2D eigenvalue weighted by atomic mass is 35.5. The van der Waals surface area contributed by atoms with Crippen LogP contribution in [0.1, 0.15) is 37.7 Å². The minimum Gasteiger partial charge on any atom is -0.392 e. The van der Waals surface area contributed by atoms with E-state index in [0.29, 0.717) is 16.6 Å². The Hall–Kier alpha value is -0.280. The summed E-state index contributed by atoms with van der Waals surface area (Å²) >= 11 is 12.1. The molecule has 18 heavy (non-hydrogen) atoms. The smallest absolute Gasteiger partial charge is 0.0637 e. The van der Waals surface area contributed by atoms with Gasteiger partial charge in [0.1, 0.15) is 0 Å². The summed E-state index contributed by atoms with van der Waals surface area (Å²) in [6.45, 7) is 0.567. The third-order valence-corrected chi connectivity index (χ3v) is 4.81. The summed E-state index contributed by atoms with van der Waals surface area (Å²) in [5.41, 5.74) is 6.56. The Balaban J connectivity index is 2.42. The Kier molecular flexibility index (Phi) is 4.54. The third-order valence-electron chi connectivity index (χ3n) is 4.07. The van der Waals surface area contributed by atoms with Gasteiger partial charge in [-0.2, -0.15) is 0 Å². The summed E-state index contributed by atoms with van der Waals surface area (Å²) in [7, 11) is 0. The third kappa shape index (κ3) is 2.53. The lowest BCUT2D eigenvalue weighted by Crippen LogP contribution is -2.43. The van der Waals surface area contributed by atoms with E-state index >= 15 is 0 Å². The van der Waals surface area contributed by atoms with E-state index in [0.717, 1.165) is 37.7 Å². The topological polar surface area (TPSA) is 46.2 Å². The second-order valence-corrected chi connectivity index (χ2v) is 5.90. The van der Waals surface area contributed by atoms with Gasteiger partial charge in [-0.1, -0.05) is 42.1 Å². The number of hydrogen-bond donors (Lipinski definition) is 2. The predicted molar refractivity (Wildman–Crippen MR) is 76.3 cm³/mol. The molecule has 2 atom stereocenters. The van der Waals surface area contributed by atoms with Crippen LogP contribution in [0.2, 0.25) is 10.0 Å². The molecule has 0 heterocycles. The quantitative estimate of drug-likeness (QED) is 0.894. The maximum Gasteiger partial charge on any atom is 0.0637 e. The lowest BCUT2D eigenvalue weighted by Gasteiger charge is -2.42. The van der Waals surface area contributed by atoms with E-state index in [1.165, 1.54) is 0 Å². The molecule has 0 bridgehead atoms. The normalized spacial score (nSPS) is 28.3. The number of hydrogen-bond acceptors (Lipinski definition) is 2. The van der Waals surface area contributed by atoms with Crippen molar-refractivity contribution in [2.24, 2.45) is 5.73 Å². The number of nitrogens with two attached hydrogens (primary N) is 1. The van der Waals surface area contributed by atoms with Crippen LogP contribution in [0.3, 0.4) is 0 Å². The van der Waals surface area contributed by atoms with E-state index in [1.54, 1.807) is 6.07 Å². The molecular formula is C14H19Cl2NO. The first-order valence-electron chi connectivity index (χ1n) is 6.44. The highest BCUT2D eigenvalue weighted by molar-refractivity contribution is 6.42. The van der Waals surface area contributed by atoms with Gasteiger partial charge < -0.3 is 10.8 Å². The molecule has 1 aliphatic carbocycles. The molecule has 0 unspecified atom stereocenters. The second kappa shape index (κ2) is 5.79. The SMILES string of the molecule is NCC[C@]1(c2ccc(Cl)c(Cl)c2)CCCC[C@H]1O. The molecule has 0 aliphatic heterocycles. The van der Waals surface area contributed by atoms with Gasteiger partial charge in [0, 0.05) is 5.41 Å². The van der Waals surface area contributed by atoms with Crippen LogP contribution < -0.4 is 5.73 Å². The average molecular weight is 288 g/mol. The zero-order valence-electron chi connectivity index (χ0n) is 10.3. The minimum atomic E-state index is -0.341. The molecule has 4 heteroatoms. The fourth-order valence-corrected chi connectivity index (χ4v) is 3.36. The first-order valence-corrected chi connectivity index (χ1v) is 7.19. The van der Waals surface area contributed by atoms with Crippen molar-refractivity contribution >= 4 is 23.2 Å². The summed E-state index contributed by atoms with van der Waals surface area (Å²) in [6, 6.07) is 5.66. The molecule has 0 spiro atoms. The lowest BCUT2D eigenvalue weighted by molar-refractivity contribution is 0.0376. The van der Waals surface area contributed by atoms with Crippen molar-refractivity contribution in [3.05, 3.63) is 33.8 Å². The number of aliphatic hydroxyl groups excluding tert-OH is 1. The molecule has 3 N–H and O–H groups in total. The van der Waals surface area contributed by atoms with E-state index in [-0.39, 0.29) is 11.5 Å². The highest BCUT2D eigenvalue weighted by Gasteiger charge is 2.40. The van der Waals surface area contributed by atoms with Crippen molar-refractivity contribution in [3.8, 4) is 0 Å². The Morgan fingerprint density at radius 2 is 2.06 bits per heavy atom. The molecule has 2 rings (SSSR count). The van der Waals surface area contributed by atoms with Gasteiger partial charge in [0.25, 0.3) is 0 Å². The Morgan fingerprint density at radius 1 is 1.28 bits per heavy atom. The van der Waals surface area contributed by atoms with Gasteiger partial charge in [-0.25, -0.2) is 0 Å². The summed E-state index contributed by atoms with van der Waals surface area (Å²) in [4.78, 5) is 0. The van der Waals surface area contributed by atoms with Crippen LogP contribution in [-0.2, 0) is 5.41 Å². The molecule has 1 fully saturated rings. The van der Waals surface area contributed by atoms with Crippen molar-refractivity contribution in [2.45, 2.75) is 43.6 Å². The summed E-state index contributed by atoms with van der Waals surface area (Å²) in [5, 5.41) is 11.5. The van der Waals surface area contributed by atoms with Crippen LogP contribution in [-0.4, -0.2) is 17.8 Å². The Labute approximate surface area is 118 Å². The summed E-state index contributed by atoms with van der Waals surface area (Å²) < 4.78 is 0. The molecule has 100 valence electrons. The van der Waals surface area contributed by atoms with Crippen LogP contribution in [0.15, 0.2) is 18.2 Å². The number of aliphatic hydroxyl groups is 1. The molecular weight excluding hydrogens is 269 g/mol. The zero-order valence-corrected chi connectivity index (χ0v) is 11.8. The van der Waals surface area contributed by atoms with E-state index < -0.39 is 0 Å². The number of benzene rings is 1. The first kappa shape index (κ1) is 14.1. The molecule has 0 radical (unpaired) electrons. The van der Waals surface area contributed by atoms with Crippen LogP contribution in [0, 0.1) is 0 Å². The van der Waals surface area contributed by atoms with E-state index in [4.69, 9.17) is 28.9 Å². The second-order valence-electron chi connectivity index (χ2n) is 5.09. The van der Waals surface area contributed by atoms with Gasteiger partial charge in [0.05, 0.1) is 16.1 Å². The maximum absolute atomic E-state index is 10.4. The Morgan fingerprint density at radius 3 is 2.67 bits per heavy atom. The van der Waals surface area contributed by atoms with Gasteiger partial charge in [-0.3, -0.25) is 0 Å². The molecule has 0 saturated heterocycles. The van der Waals surface area contributed by atoms with Crippen molar-refractivity contribution in [2.75, 3.05) is 6.54 Å². The molecule has 0 aromatic heterocycles. The van der Waals surface area contributed by atoms with Gasteiger partial charge in [-0.05, 0) is 43.5 Å². The van der Waals surface area contributed by atoms with E-state index in [2.05, 4.69) is 0 Å². The Bertz CT molecular complexity index is 420. The van der Waals surface area contributed by atoms with Crippen LogP contribution in [0.5, 0.6) is 0 Å². The molecule has 1 aliphatic rings. The van der Waals surface area contributed by atoms with E-state index in [9.17, 15) is 5.11 Å². The van der Waals surface area contributed by atoms with E-state index in [1.807, 2.05) is 12.1 Å². The molecule has 2 nitrogen and oxygen atoms in total. The standard InChI is InChI=1S/C14H19Cl2NO/c15-11-5-4-10(9-12(11)16)14(7-8-17)6-2-1-3-13(14)18/h4-5,9,13,18H,1-3,6-8,17H2/t13-,14+/m1/s1. The monoisotopic (exact) mass is 287 g/mol. The lowest BCUT2D eigenvalue weighted by atomic mass is 9.65. The number of rotatable bonds is 3. The van der Waals surface area contributed by atoms with Gasteiger partial charge in [0.15, 0.2) is 0 Å². The minimum absolute atomic E-state index is 0.249. The number of halogens is 2. The fourth-order valence-electron chi connectivity index (χ4n) is 3.06. The summed E-state index contributed by atoms with van der Waals surface area (Å²) in [5.74, 6) is 0. The van der Waals surface area contributed by atoms with Gasteiger partial charge >= 0.3 is 0 Å². The van der Waals surface area contributed by atoms with Crippen LogP contribution in [0.25, 0.3) is 0 Å². The van der Waals surface area contributed by atoms with Crippen molar-refractivity contribution < 1.29 is 5.11 Å². The maximum atomic E-state index is 10.4. The van der Waals surface area contributed by atoms with Gasteiger partial charge in [0.2, 0.25) is 0 Å². The highest BCUT2D eigenvalue weighted by Crippen LogP contribution is 2.43. The van der Waals surface area contributed by atoms with Crippen molar-refractivity contribution in [1.82, 2.24) is 0 Å². The largest absolute Gasteiger partial charge is 0.392 e. The van der Waals surface area contributed by atoms with Crippen molar-refractivity contribution in [3.63, 3.8) is 0 Å². The van der Waals surface area contributed by atoms with Crippen molar-refractivity contribution in [1.29, 1.82) is 0 Å².